The number of ether oxygens (including phenoxy) is 1. The maximum atomic E-state index is 12.3. The van der Waals surface area contributed by atoms with E-state index in [0.717, 1.165) is 37.8 Å². The Morgan fingerprint density at radius 2 is 1.75 bits per heavy atom. The van der Waals surface area contributed by atoms with Gasteiger partial charge in [-0.25, -0.2) is 0 Å². The largest absolute Gasteiger partial charge is 0.370 e. The molecule has 0 atom stereocenters. The topological polar surface area (TPSA) is 30.7 Å². The van der Waals surface area contributed by atoms with E-state index in [1.54, 1.807) is 0 Å². The fraction of sp³-hybridized carbons (Fsp3) is 0.588. The first-order valence-corrected chi connectivity index (χ1v) is 7.87. The highest BCUT2D eigenvalue weighted by atomic mass is 16.5. The number of carbonyl (C=O) groups excluding carboxylic acids is 1. The van der Waals surface area contributed by atoms with Gasteiger partial charge in [0.25, 0.3) is 0 Å². The molecule has 0 amide bonds. The third kappa shape index (κ3) is 3.28. The maximum Gasteiger partial charge on any atom is 0.216 e. The lowest BCUT2D eigenvalue weighted by atomic mass is 9.96. The van der Waals surface area contributed by atoms with E-state index in [9.17, 15) is 4.79 Å². The van der Waals surface area contributed by atoms with Gasteiger partial charge in [0.2, 0.25) is 5.78 Å². The number of hydrogen-bond donors (Lipinski definition) is 1. The fourth-order valence-corrected chi connectivity index (χ4v) is 3.37. The van der Waals surface area contributed by atoms with Crippen LogP contribution in [0.15, 0.2) is 24.3 Å². The van der Waals surface area contributed by atoms with Gasteiger partial charge in [-0.15, -0.1) is 0 Å². The van der Waals surface area contributed by atoms with Crippen LogP contribution >= 0.6 is 0 Å². The van der Waals surface area contributed by atoms with E-state index in [0.29, 0.717) is 6.54 Å². The number of carbonyl (C=O) groups is 1. The van der Waals surface area contributed by atoms with Gasteiger partial charge in [0.1, 0.15) is 19.6 Å². The van der Waals surface area contributed by atoms with E-state index in [-0.39, 0.29) is 5.78 Å². The molecule has 0 unspecified atom stereocenters. The van der Waals surface area contributed by atoms with Crippen molar-refractivity contribution in [2.45, 2.75) is 31.6 Å². The van der Waals surface area contributed by atoms with Crippen LogP contribution in [-0.4, -0.2) is 38.6 Å². The number of rotatable bonds is 4. The molecule has 108 valence electrons. The van der Waals surface area contributed by atoms with Gasteiger partial charge < -0.3 is 9.64 Å². The molecule has 1 aromatic carbocycles. The Labute approximate surface area is 120 Å². The molecular formula is C17H24NO2+. The quantitative estimate of drug-likeness (QED) is 0.842. The van der Waals surface area contributed by atoms with Crippen LogP contribution in [0.25, 0.3) is 0 Å². The number of morpholine rings is 1. The van der Waals surface area contributed by atoms with Gasteiger partial charge in [0.15, 0.2) is 0 Å². The number of Topliss-reactive ketones (excluding diaryl/α,β-unsaturated/α-hetero) is 1. The Hall–Kier alpha value is -1.19. The summed E-state index contributed by atoms with van der Waals surface area (Å²) in [7, 11) is 0. The Morgan fingerprint density at radius 3 is 2.40 bits per heavy atom. The monoisotopic (exact) mass is 274 g/mol. The molecule has 0 spiro atoms. The van der Waals surface area contributed by atoms with Gasteiger partial charge in [0.05, 0.1) is 13.2 Å². The Morgan fingerprint density at radius 1 is 1.10 bits per heavy atom. The Balaban J connectivity index is 1.59. The number of quaternary nitrogens is 1. The fourth-order valence-electron chi connectivity index (χ4n) is 3.37. The van der Waals surface area contributed by atoms with Crippen LogP contribution in [0.5, 0.6) is 0 Å². The normalized spacial score (nSPS) is 21.2. The van der Waals surface area contributed by atoms with Crippen LogP contribution in [0.4, 0.5) is 0 Å². The molecule has 1 heterocycles. The van der Waals surface area contributed by atoms with Crippen molar-refractivity contribution in [3.05, 3.63) is 35.4 Å². The van der Waals surface area contributed by atoms with E-state index < -0.39 is 0 Å². The SMILES string of the molecule is O=C(C[NH+]1CCOCC1)c1ccc(C2CCCC2)cc1. The smallest absolute Gasteiger partial charge is 0.216 e. The van der Waals surface area contributed by atoms with Crippen molar-refractivity contribution in [3.63, 3.8) is 0 Å². The second-order valence-electron chi connectivity index (χ2n) is 6.07. The van der Waals surface area contributed by atoms with Crippen molar-refractivity contribution >= 4 is 5.78 Å². The van der Waals surface area contributed by atoms with Crippen LogP contribution in [-0.2, 0) is 4.74 Å². The van der Waals surface area contributed by atoms with Gasteiger partial charge in [0, 0.05) is 5.56 Å². The van der Waals surface area contributed by atoms with E-state index in [1.165, 1.54) is 36.1 Å². The zero-order valence-corrected chi connectivity index (χ0v) is 12.1. The number of benzene rings is 1. The zero-order valence-electron chi connectivity index (χ0n) is 12.1. The van der Waals surface area contributed by atoms with Crippen molar-refractivity contribution in [2.24, 2.45) is 0 Å². The third-order valence-corrected chi connectivity index (χ3v) is 4.67. The minimum atomic E-state index is 0.264. The summed E-state index contributed by atoms with van der Waals surface area (Å²) in [5, 5.41) is 0. The van der Waals surface area contributed by atoms with Crippen LogP contribution < -0.4 is 4.90 Å². The van der Waals surface area contributed by atoms with E-state index in [4.69, 9.17) is 4.74 Å². The zero-order chi connectivity index (χ0) is 13.8. The van der Waals surface area contributed by atoms with E-state index in [1.807, 2.05) is 12.1 Å². The minimum Gasteiger partial charge on any atom is -0.370 e. The molecule has 0 aromatic heterocycles. The molecule has 3 heteroatoms. The first kappa shape index (κ1) is 13.8. The first-order valence-electron chi connectivity index (χ1n) is 7.87. The average Bonchev–Trinajstić information content (AvgIpc) is 3.03. The van der Waals surface area contributed by atoms with Crippen LogP contribution in [0.3, 0.4) is 0 Å². The van der Waals surface area contributed by atoms with Crippen LogP contribution in [0.1, 0.15) is 47.5 Å². The summed E-state index contributed by atoms with van der Waals surface area (Å²) >= 11 is 0. The molecule has 1 aliphatic heterocycles. The lowest BCUT2D eigenvalue weighted by Gasteiger charge is -2.23. The Bertz CT molecular complexity index is 443. The van der Waals surface area contributed by atoms with Gasteiger partial charge in [-0.1, -0.05) is 37.1 Å². The summed E-state index contributed by atoms with van der Waals surface area (Å²) in [6.07, 6.45) is 5.33. The predicted molar refractivity (Wildman–Crippen MR) is 78.4 cm³/mol. The first-order chi connectivity index (χ1) is 9.83. The summed E-state index contributed by atoms with van der Waals surface area (Å²) in [5.74, 6) is 0.990. The minimum absolute atomic E-state index is 0.264. The molecule has 3 rings (SSSR count). The molecular weight excluding hydrogens is 250 g/mol. The predicted octanol–water partition coefficient (Wildman–Crippen LogP) is 1.44. The van der Waals surface area contributed by atoms with Crippen molar-refractivity contribution < 1.29 is 14.4 Å². The summed E-state index contributed by atoms with van der Waals surface area (Å²) in [4.78, 5) is 13.6. The maximum absolute atomic E-state index is 12.3. The second-order valence-corrected chi connectivity index (χ2v) is 6.07. The molecule has 0 radical (unpaired) electrons. The standard InChI is InChI=1S/C17H23NO2/c19-17(13-18-9-11-20-12-10-18)16-7-5-15(6-8-16)14-3-1-2-4-14/h5-8,14H,1-4,9-13H2/p+1. The van der Waals surface area contributed by atoms with Crippen LogP contribution in [0, 0.1) is 0 Å². The molecule has 2 fully saturated rings. The molecule has 1 saturated carbocycles. The lowest BCUT2D eigenvalue weighted by Crippen LogP contribution is -3.14. The van der Waals surface area contributed by atoms with E-state index >= 15 is 0 Å². The Kier molecular flexibility index (Phi) is 4.48. The second kappa shape index (κ2) is 6.51. The number of hydrogen-bond acceptors (Lipinski definition) is 2. The number of ketones is 1. The van der Waals surface area contributed by atoms with Gasteiger partial charge in [-0.2, -0.15) is 0 Å². The lowest BCUT2D eigenvalue weighted by molar-refractivity contribution is -0.899. The van der Waals surface area contributed by atoms with Crippen molar-refractivity contribution in [1.82, 2.24) is 0 Å². The molecule has 1 aromatic rings. The molecule has 1 saturated heterocycles. The molecule has 20 heavy (non-hydrogen) atoms. The highest BCUT2D eigenvalue weighted by Crippen LogP contribution is 2.33. The van der Waals surface area contributed by atoms with Crippen LogP contribution in [0.2, 0.25) is 0 Å². The van der Waals surface area contributed by atoms with E-state index in [2.05, 4.69) is 12.1 Å². The molecule has 1 aliphatic carbocycles. The summed E-state index contributed by atoms with van der Waals surface area (Å²) in [5.41, 5.74) is 2.28. The molecule has 1 N–H and O–H groups in total. The number of nitrogens with one attached hydrogen (secondary N) is 1. The summed E-state index contributed by atoms with van der Waals surface area (Å²) in [6.45, 7) is 4.07. The highest BCUT2D eigenvalue weighted by molar-refractivity contribution is 5.96. The van der Waals surface area contributed by atoms with Crippen molar-refractivity contribution in [2.75, 3.05) is 32.8 Å². The van der Waals surface area contributed by atoms with Crippen molar-refractivity contribution in [3.8, 4) is 0 Å². The van der Waals surface area contributed by atoms with Gasteiger partial charge in [-0.05, 0) is 24.3 Å². The highest BCUT2D eigenvalue weighted by Gasteiger charge is 2.20. The molecule has 0 bridgehead atoms. The van der Waals surface area contributed by atoms with Crippen molar-refractivity contribution in [1.29, 1.82) is 0 Å². The average molecular weight is 274 g/mol. The summed E-state index contributed by atoms with van der Waals surface area (Å²) in [6, 6.07) is 8.38. The van der Waals surface area contributed by atoms with Gasteiger partial charge in [-0.3, -0.25) is 4.79 Å². The van der Waals surface area contributed by atoms with Gasteiger partial charge >= 0.3 is 0 Å². The molecule has 3 nitrogen and oxygen atoms in total. The molecule has 2 aliphatic rings. The summed E-state index contributed by atoms with van der Waals surface area (Å²) < 4.78 is 5.33. The third-order valence-electron chi connectivity index (χ3n) is 4.67.